The van der Waals surface area contributed by atoms with Crippen molar-refractivity contribution < 1.29 is 18.0 Å². The quantitative estimate of drug-likeness (QED) is 0.547. The van der Waals surface area contributed by atoms with E-state index in [0.29, 0.717) is 37.7 Å². The second-order valence-electron chi connectivity index (χ2n) is 6.29. The zero-order chi connectivity index (χ0) is 19.2. The first kappa shape index (κ1) is 20.0. The van der Waals surface area contributed by atoms with E-state index in [9.17, 15) is 18.0 Å². The van der Waals surface area contributed by atoms with Gasteiger partial charge >= 0.3 is 6.18 Å². The van der Waals surface area contributed by atoms with Gasteiger partial charge in [-0.2, -0.15) is 13.2 Å². The molecule has 1 aliphatic heterocycles. The predicted octanol–water partition coefficient (Wildman–Crippen LogP) is 1.95. The summed E-state index contributed by atoms with van der Waals surface area (Å²) >= 11 is 0. The van der Waals surface area contributed by atoms with Gasteiger partial charge in [0.2, 0.25) is 5.91 Å². The van der Waals surface area contributed by atoms with Crippen LogP contribution in [-0.2, 0) is 11.3 Å². The van der Waals surface area contributed by atoms with Crippen molar-refractivity contribution in [1.82, 2.24) is 15.5 Å². The first-order chi connectivity index (χ1) is 12.2. The molecule has 26 heavy (non-hydrogen) atoms. The van der Waals surface area contributed by atoms with E-state index in [1.165, 1.54) is 11.8 Å². The van der Waals surface area contributed by atoms with Crippen LogP contribution in [0, 0.1) is 0 Å². The highest BCUT2D eigenvalue weighted by atomic mass is 19.4. The van der Waals surface area contributed by atoms with Gasteiger partial charge in [-0.1, -0.05) is 12.1 Å². The van der Waals surface area contributed by atoms with Crippen molar-refractivity contribution in [3.8, 4) is 0 Å². The average molecular weight is 371 g/mol. The lowest BCUT2D eigenvalue weighted by atomic mass is 10.2. The minimum atomic E-state index is -4.17. The van der Waals surface area contributed by atoms with Crippen molar-refractivity contribution in [3.63, 3.8) is 0 Å². The van der Waals surface area contributed by atoms with E-state index in [2.05, 4.69) is 20.9 Å². The van der Waals surface area contributed by atoms with Gasteiger partial charge in [0, 0.05) is 45.3 Å². The Morgan fingerprint density at radius 3 is 2.81 bits per heavy atom. The van der Waals surface area contributed by atoms with Crippen molar-refractivity contribution >= 4 is 17.6 Å². The number of aliphatic imine (C=N–C) groups is 1. The van der Waals surface area contributed by atoms with Gasteiger partial charge in [0.25, 0.3) is 0 Å². The molecule has 1 unspecified atom stereocenters. The van der Waals surface area contributed by atoms with Gasteiger partial charge in [0.1, 0.15) is 0 Å². The van der Waals surface area contributed by atoms with Crippen molar-refractivity contribution in [1.29, 1.82) is 0 Å². The number of rotatable bonds is 5. The molecule has 0 aliphatic carbocycles. The number of amides is 1. The lowest BCUT2D eigenvalue weighted by Gasteiger charge is -2.20. The number of anilines is 1. The topological polar surface area (TPSA) is 68.8 Å². The normalized spacial score (nSPS) is 18.7. The molecule has 1 aromatic rings. The van der Waals surface area contributed by atoms with Gasteiger partial charge in [-0.15, -0.1) is 0 Å². The fourth-order valence-electron chi connectivity index (χ4n) is 2.88. The minimum Gasteiger partial charge on any atom is -0.352 e. The van der Waals surface area contributed by atoms with E-state index in [-0.39, 0.29) is 11.9 Å². The number of nitrogens with one attached hydrogen (secondary N) is 3. The van der Waals surface area contributed by atoms with E-state index in [1.54, 1.807) is 13.1 Å². The molecule has 0 bridgehead atoms. The number of nitrogens with zero attached hydrogens (tertiary/aromatic N) is 2. The molecule has 0 aromatic heterocycles. The van der Waals surface area contributed by atoms with Crippen LogP contribution < -0.4 is 16.0 Å². The van der Waals surface area contributed by atoms with Gasteiger partial charge in [-0.05, 0) is 24.1 Å². The van der Waals surface area contributed by atoms with Crippen LogP contribution >= 0.6 is 0 Å². The smallest absolute Gasteiger partial charge is 0.352 e. The molecule has 0 saturated carbocycles. The average Bonchev–Trinajstić information content (AvgIpc) is 2.96. The molecule has 1 atom stereocenters. The summed E-state index contributed by atoms with van der Waals surface area (Å²) in [7, 11) is 1.62. The molecule has 6 nitrogen and oxygen atoms in total. The molecule has 0 radical (unpaired) electrons. The highest BCUT2D eigenvalue weighted by molar-refractivity contribution is 5.88. The van der Waals surface area contributed by atoms with Crippen LogP contribution in [0.3, 0.4) is 0 Å². The monoisotopic (exact) mass is 371 g/mol. The standard InChI is InChI=1S/C17H24F3N5O/c1-12(26)23-14-5-3-4-13(8-14)9-22-16(21-2)24-15-6-7-25(10-15)11-17(18,19)20/h3-5,8,15H,6-7,9-11H2,1-2H3,(H,23,26)(H2,21,22,24). The Kier molecular flexibility index (Phi) is 6.84. The number of alkyl halides is 3. The molecule has 3 N–H and O–H groups in total. The van der Waals surface area contributed by atoms with E-state index < -0.39 is 12.7 Å². The van der Waals surface area contributed by atoms with Gasteiger partial charge < -0.3 is 16.0 Å². The van der Waals surface area contributed by atoms with Gasteiger partial charge in [0.15, 0.2) is 5.96 Å². The third-order valence-electron chi connectivity index (χ3n) is 3.95. The molecule has 1 saturated heterocycles. The van der Waals surface area contributed by atoms with Crippen molar-refractivity contribution in [2.75, 3.05) is 32.0 Å². The Morgan fingerprint density at radius 1 is 1.38 bits per heavy atom. The number of hydrogen-bond donors (Lipinski definition) is 3. The summed E-state index contributed by atoms with van der Waals surface area (Å²) in [5.41, 5.74) is 1.66. The first-order valence-electron chi connectivity index (χ1n) is 8.38. The maximum atomic E-state index is 12.5. The Labute approximate surface area is 150 Å². The highest BCUT2D eigenvalue weighted by Crippen LogP contribution is 2.20. The molecule has 9 heteroatoms. The number of guanidine groups is 1. The van der Waals surface area contributed by atoms with Crippen LogP contribution in [0.15, 0.2) is 29.3 Å². The summed E-state index contributed by atoms with van der Waals surface area (Å²) < 4.78 is 37.4. The molecular weight excluding hydrogens is 347 g/mol. The van der Waals surface area contributed by atoms with Crippen molar-refractivity contribution in [2.24, 2.45) is 4.99 Å². The molecule has 0 spiro atoms. The second kappa shape index (κ2) is 8.88. The molecular formula is C17H24F3N5O. The van der Waals surface area contributed by atoms with E-state index in [0.717, 1.165) is 5.56 Å². The van der Waals surface area contributed by atoms with Gasteiger partial charge in [0.05, 0.1) is 6.54 Å². The fraction of sp³-hybridized carbons (Fsp3) is 0.529. The number of halogens is 3. The third-order valence-corrected chi connectivity index (χ3v) is 3.95. The number of benzene rings is 1. The molecule has 144 valence electrons. The minimum absolute atomic E-state index is 0.0748. The van der Waals surface area contributed by atoms with Crippen molar-refractivity contribution in [3.05, 3.63) is 29.8 Å². The Balaban J connectivity index is 1.82. The highest BCUT2D eigenvalue weighted by Gasteiger charge is 2.34. The zero-order valence-electron chi connectivity index (χ0n) is 14.9. The van der Waals surface area contributed by atoms with Crippen LogP contribution in [0.1, 0.15) is 18.9 Å². The summed E-state index contributed by atoms with van der Waals surface area (Å²) in [6.07, 6.45) is -3.54. The summed E-state index contributed by atoms with van der Waals surface area (Å²) in [6, 6.07) is 7.32. The second-order valence-corrected chi connectivity index (χ2v) is 6.29. The summed E-state index contributed by atoms with van der Waals surface area (Å²) in [5, 5.41) is 9.02. The Morgan fingerprint density at radius 2 is 2.15 bits per heavy atom. The maximum absolute atomic E-state index is 12.5. The van der Waals surface area contributed by atoms with E-state index >= 15 is 0 Å². The molecule has 1 aliphatic rings. The van der Waals surface area contributed by atoms with Crippen LogP contribution in [0.25, 0.3) is 0 Å². The molecule has 1 fully saturated rings. The van der Waals surface area contributed by atoms with Gasteiger partial charge in [-0.25, -0.2) is 0 Å². The fourth-order valence-corrected chi connectivity index (χ4v) is 2.88. The lowest BCUT2D eigenvalue weighted by molar-refractivity contribution is -0.143. The molecule has 2 rings (SSSR count). The van der Waals surface area contributed by atoms with Gasteiger partial charge in [-0.3, -0.25) is 14.7 Å². The zero-order valence-corrected chi connectivity index (χ0v) is 14.9. The molecule has 1 amide bonds. The summed E-state index contributed by atoms with van der Waals surface area (Å²) in [4.78, 5) is 16.6. The SMILES string of the molecule is CN=C(NCc1cccc(NC(C)=O)c1)NC1CCN(CC(F)(F)F)C1. The van der Waals surface area contributed by atoms with Crippen molar-refractivity contribution in [2.45, 2.75) is 32.1 Å². The number of carbonyl (C=O) groups excluding carboxylic acids is 1. The Hall–Kier alpha value is -2.29. The summed E-state index contributed by atoms with van der Waals surface area (Å²) in [6.45, 7) is 1.78. The van der Waals surface area contributed by atoms with Crippen LogP contribution in [0.4, 0.5) is 18.9 Å². The van der Waals surface area contributed by atoms with Crippen LogP contribution in [0.2, 0.25) is 0 Å². The Bertz CT molecular complexity index is 648. The van der Waals surface area contributed by atoms with Crippen LogP contribution in [-0.4, -0.2) is 55.7 Å². The largest absolute Gasteiger partial charge is 0.401 e. The lowest BCUT2D eigenvalue weighted by Crippen LogP contribution is -2.44. The molecule has 1 aromatic carbocycles. The number of likely N-dealkylation sites (tertiary alicyclic amines) is 1. The van der Waals surface area contributed by atoms with Crippen LogP contribution in [0.5, 0.6) is 0 Å². The summed E-state index contributed by atoms with van der Waals surface area (Å²) in [5.74, 6) is 0.394. The van der Waals surface area contributed by atoms with E-state index in [4.69, 9.17) is 0 Å². The first-order valence-corrected chi connectivity index (χ1v) is 8.38. The third kappa shape index (κ3) is 6.91. The van der Waals surface area contributed by atoms with E-state index in [1.807, 2.05) is 18.2 Å². The molecule has 1 heterocycles. The number of hydrogen-bond acceptors (Lipinski definition) is 3. The number of carbonyl (C=O) groups is 1. The predicted molar refractivity (Wildman–Crippen MR) is 95.0 cm³/mol. The maximum Gasteiger partial charge on any atom is 0.401 e.